The van der Waals surface area contributed by atoms with Gasteiger partial charge in [-0.3, -0.25) is 24.5 Å². The summed E-state index contributed by atoms with van der Waals surface area (Å²) in [5, 5.41) is 15.4. The summed E-state index contributed by atoms with van der Waals surface area (Å²) in [6.07, 6.45) is 32.9. The standard InChI is InChI=1S/C29H36N8O.C25H33N9.C24H30N8O/c1-19(2)35-11-13-36(14-12-35)22-7-8-25(30-18-22)33-28-31-17-21-15-24-26-23(32-20(3)38-26)16-29(9-5-4-6-10-29)37(24)27(21)34-28;1-18(2)32-12-14-33(15-13-32)19-6-7-21(27-16-19)30-23-28-17-20-22(31-23)34-24(29-20)26-11-10-25(34)8-4-3-5-9-25;1-30-9-11-31(12-10-30)18-5-6-21(25-15-18)28-23-26-14-17-13-19-20(33)16-27-24(7-3-2-4-8-24)32(19)22(17)29-23/h7-8,15,17-19H,4-6,9-14,16H2,1-3H3,(H,30,31,33,34);6-7,11,16-18H,3-5,8-10,12-15H2,1-2H3,(H,27,28,30,31);5-6,13-15,27H,2-4,7-12,16H2,1H3,(H,25,26,28,29). The largest absolute Gasteiger partial charge is 0.439 e. The Labute approximate surface area is 613 Å². The molecule has 3 spiro atoms. The molecule has 0 radical (unpaired) electrons. The molecular formula is C78H99N25O2. The number of aliphatic imine (C=N–C) groups is 1. The zero-order valence-corrected chi connectivity index (χ0v) is 61.7. The van der Waals surface area contributed by atoms with E-state index in [0.29, 0.717) is 42.3 Å². The second-order valence-electron chi connectivity index (χ2n) is 31.1. The number of imidazole rings is 1. The molecule has 4 N–H and O–H groups in total. The van der Waals surface area contributed by atoms with Gasteiger partial charge in [0.05, 0.1) is 82.2 Å². The molecule has 27 heteroatoms. The molecule has 0 unspecified atom stereocenters. The van der Waals surface area contributed by atoms with E-state index in [0.717, 1.165) is 239 Å². The number of carbonyl (C=O) groups excluding carboxylic acids is 1. The van der Waals surface area contributed by atoms with Gasteiger partial charge in [-0.05, 0) is 135 Å². The summed E-state index contributed by atoms with van der Waals surface area (Å²) >= 11 is 0. The maximum Gasteiger partial charge on any atom is 0.232 e. The van der Waals surface area contributed by atoms with E-state index < -0.39 is 0 Å². The van der Waals surface area contributed by atoms with E-state index in [1.54, 1.807) is 12.4 Å². The molecule has 0 aromatic carbocycles. The predicted molar refractivity (Wildman–Crippen MR) is 413 cm³/mol. The van der Waals surface area contributed by atoms with E-state index in [-0.39, 0.29) is 22.5 Å². The van der Waals surface area contributed by atoms with Gasteiger partial charge in [0.15, 0.2) is 23.1 Å². The van der Waals surface area contributed by atoms with Crippen LogP contribution in [0.1, 0.15) is 153 Å². The van der Waals surface area contributed by atoms with Crippen LogP contribution in [0, 0.1) is 6.92 Å². The summed E-state index contributed by atoms with van der Waals surface area (Å²) in [5.74, 6) is 6.28. The van der Waals surface area contributed by atoms with Crippen LogP contribution < -0.4 is 36.0 Å². The number of Topliss-reactive ketones (excluding diaryl/α,β-unsaturated/α-hetero) is 1. The molecule has 0 atom stereocenters. The molecule has 9 aliphatic rings. The number of carbonyl (C=O) groups is 1. The summed E-state index contributed by atoms with van der Waals surface area (Å²) in [7, 11) is 2.16. The second-order valence-corrected chi connectivity index (χ2v) is 31.1. The normalized spacial score (nSPS) is 20.1. The van der Waals surface area contributed by atoms with Crippen LogP contribution in [0.25, 0.3) is 44.7 Å². The van der Waals surface area contributed by atoms with E-state index in [1.165, 1.54) is 44.9 Å². The molecule has 16 heterocycles. The van der Waals surface area contributed by atoms with Crippen molar-refractivity contribution in [1.29, 1.82) is 0 Å². The van der Waals surface area contributed by atoms with Crippen molar-refractivity contribution in [1.82, 2.24) is 88.5 Å². The molecule has 19 rings (SSSR count). The van der Waals surface area contributed by atoms with Crippen molar-refractivity contribution < 1.29 is 9.21 Å². The quantitative estimate of drug-likeness (QED) is 0.0937. The number of nitrogens with one attached hydrogen (secondary N) is 4. The highest BCUT2D eigenvalue weighted by atomic mass is 16.4. The summed E-state index contributed by atoms with van der Waals surface area (Å²) in [4.78, 5) is 83.6. The lowest BCUT2D eigenvalue weighted by Crippen LogP contribution is -2.55. The summed E-state index contributed by atoms with van der Waals surface area (Å²) in [5.41, 5.74) is 9.61. The fraction of sp³-hybridized carbons (Fsp3) is 0.526. The highest BCUT2D eigenvalue weighted by molar-refractivity contribution is 6.01. The Bertz CT molecular complexity index is 4760. The van der Waals surface area contributed by atoms with Gasteiger partial charge in [0.1, 0.15) is 34.3 Å². The van der Waals surface area contributed by atoms with Crippen molar-refractivity contribution >= 4 is 104 Å². The van der Waals surface area contributed by atoms with Crippen molar-refractivity contribution in [3.8, 4) is 11.5 Å². The highest BCUT2D eigenvalue weighted by Crippen LogP contribution is 2.49. The monoisotopic (exact) mass is 1420 g/mol. The fourth-order valence-electron chi connectivity index (χ4n) is 17.9. The number of hydrogen-bond donors (Lipinski definition) is 4. The number of nitrogens with zero attached hydrogens (tertiary/aromatic N) is 21. The molecule has 6 fully saturated rings. The lowest BCUT2D eigenvalue weighted by molar-refractivity contribution is 0.0807. The number of fused-ring (bicyclic) bond motifs is 14. The Kier molecular flexibility index (Phi) is 18.7. The molecule has 10 aromatic heterocycles. The molecular weight excluding hydrogens is 1320 g/mol. The number of pyridine rings is 3. The molecule has 3 saturated heterocycles. The maximum absolute atomic E-state index is 12.7. The maximum atomic E-state index is 12.7. The van der Waals surface area contributed by atoms with Crippen LogP contribution in [-0.2, 0) is 23.2 Å². The minimum Gasteiger partial charge on any atom is -0.439 e. The van der Waals surface area contributed by atoms with E-state index in [9.17, 15) is 4.79 Å². The lowest BCUT2D eigenvalue weighted by atomic mass is 9.76. The number of oxazole rings is 1. The SMILES string of the molecule is CC(C)N1CCN(c2ccc(Nc3ncc4nc5n(c4n3)C3(CC=N5)CCCCC3)nc2)CC1.CN1CCN(c2ccc(Nc3ncc4cc5n(c4n3)C3(CCCCC3)NCC5=O)nc2)CC1.Cc1nc2c(o1)-c1cc3cnc(Nc4ccc(N5CCN(C(C)C)CC5)cn4)nc3n1C1(CCCCC1)C2. The number of anilines is 9. The van der Waals surface area contributed by atoms with Crippen LogP contribution in [0.15, 0.2) is 95.1 Å². The van der Waals surface area contributed by atoms with E-state index in [2.05, 4.69) is 153 Å². The van der Waals surface area contributed by atoms with Gasteiger partial charge in [0.2, 0.25) is 23.8 Å². The van der Waals surface area contributed by atoms with Gasteiger partial charge in [-0.25, -0.2) is 44.9 Å². The van der Waals surface area contributed by atoms with Crippen LogP contribution in [0.2, 0.25) is 0 Å². The Morgan fingerprint density at radius 3 is 1.48 bits per heavy atom. The van der Waals surface area contributed by atoms with Crippen molar-refractivity contribution in [2.75, 3.05) is 123 Å². The Balaban J connectivity index is 0.000000117. The molecule has 10 aromatic rings. The molecule has 105 heavy (non-hydrogen) atoms. The zero-order valence-electron chi connectivity index (χ0n) is 61.7. The van der Waals surface area contributed by atoms with Crippen molar-refractivity contribution in [2.24, 2.45) is 4.99 Å². The number of aromatic nitrogens is 14. The van der Waals surface area contributed by atoms with E-state index in [4.69, 9.17) is 34.3 Å². The summed E-state index contributed by atoms with van der Waals surface area (Å²) in [6.45, 7) is 24.0. The molecule has 548 valence electrons. The van der Waals surface area contributed by atoms with Crippen LogP contribution in [-0.4, -0.2) is 199 Å². The van der Waals surface area contributed by atoms with Crippen molar-refractivity contribution in [3.63, 3.8) is 0 Å². The van der Waals surface area contributed by atoms with Gasteiger partial charge in [0.25, 0.3) is 0 Å². The van der Waals surface area contributed by atoms with E-state index in [1.807, 2.05) is 62.2 Å². The van der Waals surface area contributed by atoms with Gasteiger partial charge < -0.3 is 49.1 Å². The number of aryl methyl sites for hydroxylation is 1. The molecule has 0 bridgehead atoms. The van der Waals surface area contributed by atoms with Crippen LogP contribution in [0.3, 0.4) is 0 Å². The first-order chi connectivity index (χ1) is 51.2. The van der Waals surface area contributed by atoms with Gasteiger partial charge in [-0.2, -0.15) is 15.0 Å². The molecule has 27 nitrogen and oxygen atoms in total. The van der Waals surface area contributed by atoms with E-state index >= 15 is 0 Å². The number of hydrogen-bond acceptors (Lipinski definition) is 24. The molecule has 3 saturated carbocycles. The second kappa shape index (κ2) is 28.7. The van der Waals surface area contributed by atoms with Gasteiger partial charge >= 0.3 is 0 Å². The van der Waals surface area contributed by atoms with Gasteiger partial charge in [0, 0.05) is 140 Å². The molecule has 6 aliphatic heterocycles. The third kappa shape index (κ3) is 13.6. The van der Waals surface area contributed by atoms with Crippen LogP contribution in [0.5, 0.6) is 0 Å². The fourth-order valence-corrected chi connectivity index (χ4v) is 17.9. The highest BCUT2D eigenvalue weighted by Gasteiger charge is 2.45. The zero-order chi connectivity index (χ0) is 71.4. The Hall–Kier alpha value is -9.57. The number of piperazine rings is 3. The number of ketones is 1. The first-order valence-corrected chi connectivity index (χ1v) is 38.6. The van der Waals surface area contributed by atoms with Gasteiger partial charge in [-0.1, -0.05) is 44.9 Å². The molecule has 3 aliphatic carbocycles. The predicted octanol–water partition coefficient (Wildman–Crippen LogP) is 12.3. The van der Waals surface area contributed by atoms with Crippen molar-refractivity contribution in [3.05, 3.63) is 103 Å². The number of likely N-dealkylation sites (N-methyl/N-ethyl adjacent to an activating group) is 1. The first-order valence-electron chi connectivity index (χ1n) is 38.6. The summed E-state index contributed by atoms with van der Waals surface area (Å²) in [6, 6.07) is 17.7. The average molecular weight is 1420 g/mol. The third-order valence-corrected chi connectivity index (χ3v) is 23.8. The lowest BCUT2D eigenvalue weighted by Gasteiger charge is -2.43. The smallest absolute Gasteiger partial charge is 0.232 e. The minimum absolute atomic E-state index is 0.00321. The topological polar surface area (TPSA) is 267 Å². The Morgan fingerprint density at radius 1 is 0.486 bits per heavy atom. The summed E-state index contributed by atoms with van der Waals surface area (Å²) < 4.78 is 12.9. The number of rotatable bonds is 11. The minimum atomic E-state index is -0.225. The first kappa shape index (κ1) is 68.5. The van der Waals surface area contributed by atoms with Gasteiger partial charge in [-0.15, -0.1) is 0 Å². The van der Waals surface area contributed by atoms with Crippen LogP contribution >= 0.6 is 0 Å². The average Bonchev–Trinajstić information content (AvgIpc) is 1.59. The van der Waals surface area contributed by atoms with Crippen molar-refractivity contribution in [2.45, 2.75) is 173 Å². The third-order valence-electron chi connectivity index (χ3n) is 23.8. The Morgan fingerprint density at radius 2 is 0.962 bits per heavy atom. The van der Waals surface area contributed by atoms with Crippen LogP contribution in [0.4, 0.5) is 58.3 Å². The molecule has 0 amide bonds.